The molecule has 0 radical (unpaired) electrons. The van der Waals surface area contributed by atoms with Crippen LogP contribution in [0.4, 0.5) is 0 Å². The number of hydrogen-bond donors (Lipinski definition) is 2. The summed E-state index contributed by atoms with van der Waals surface area (Å²) in [5.74, 6) is 0.389. The Balaban J connectivity index is 2.62. The third-order valence-electron chi connectivity index (χ3n) is 3.59. The standard InChI is InChI=1S/C11H23NO/c1-9-8-10(2,3)4-5-11(9,13)6-7-12/h9,13H,4-8,12H2,1-3H3. The van der Waals surface area contributed by atoms with Gasteiger partial charge in [0.1, 0.15) is 0 Å². The van der Waals surface area contributed by atoms with Crippen LogP contribution in [0.15, 0.2) is 0 Å². The highest BCUT2D eigenvalue weighted by Gasteiger charge is 2.41. The van der Waals surface area contributed by atoms with Gasteiger partial charge >= 0.3 is 0 Å². The molecule has 1 rings (SSSR count). The lowest BCUT2D eigenvalue weighted by Gasteiger charge is -2.45. The number of hydrogen-bond acceptors (Lipinski definition) is 2. The first-order chi connectivity index (χ1) is 5.90. The van der Waals surface area contributed by atoms with Crippen molar-refractivity contribution in [1.29, 1.82) is 0 Å². The summed E-state index contributed by atoms with van der Waals surface area (Å²) in [6.45, 7) is 7.31. The van der Waals surface area contributed by atoms with Crippen LogP contribution in [-0.2, 0) is 0 Å². The normalized spacial score (nSPS) is 39.0. The van der Waals surface area contributed by atoms with Gasteiger partial charge in [-0.15, -0.1) is 0 Å². The molecule has 78 valence electrons. The zero-order chi connectivity index (χ0) is 10.1. The molecule has 2 atom stereocenters. The minimum atomic E-state index is -0.482. The second-order valence-electron chi connectivity index (χ2n) is 5.41. The van der Waals surface area contributed by atoms with Crippen molar-refractivity contribution in [2.24, 2.45) is 17.1 Å². The van der Waals surface area contributed by atoms with Crippen LogP contribution in [0, 0.1) is 11.3 Å². The first-order valence-electron chi connectivity index (χ1n) is 5.32. The summed E-state index contributed by atoms with van der Waals surface area (Å²) in [6.07, 6.45) is 3.90. The van der Waals surface area contributed by atoms with E-state index in [1.54, 1.807) is 0 Å². The zero-order valence-corrected chi connectivity index (χ0v) is 9.14. The van der Waals surface area contributed by atoms with E-state index in [0.29, 0.717) is 17.9 Å². The summed E-state index contributed by atoms with van der Waals surface area (Å²) >= 11 is 0. The van der Waals surface area contributed by atoms with Gasteiger partial charge in [-0.1, -0.05) is 20.8 Å². The predicted molar refractivity (Wildman–Crippen MR) is 55.4 cm³/mol. The van der Waals surface area contributed by atoms with Crippen LogP contribution in [0.3, 0.4) is 0 Å². The largest absolute Gasteiger partial charge is 0.390 e. The maximum absolute atomic E-state index is 10.3. The fourth-order valence-electron chi connectivity index (χ4n) is 2.54. The molecule has 0 bridgehead atoms. The number of aliphatic hydroxyl groups is 1. The van der Waals surface area contributed by atoms with E-state index in [9.17, 15) is 5.11 Å². The van der Waals surface area contributed by atoms with Crippen LogP contribution < -0.4 is 5.73 Å². The molecule has 0 saturated heterocycles. The van der Waals surface area contributed by atoms with Crippen molar-refractivity contribution < 1.29 is 5.11 Å². The fourth-order valence-corrected chi connectivity index (χ4v) is 2.54. The van der Waals surface area contributed by atoms with Crippen molar-refractivity contribution in [3.63, 3.8) is 0 Å². The molecule has 2 heteroatoms. The molecule has 2 nitrogen and oxygen atoms in total. The molecule has 0 heterocycles. The molecule has 13 heavy (non-hydrogen) atoms. The van der Waals surface area contributed by atoms with Crippen molar-refractivity contribution >= 4 is 0 Å². The first-order valence-corrected chi connectivity index (χ1v) is 5.32. The topological polar surface area (TPSA) is 46.2 Å². The van der Waals surface area contributed by atoms with E-state index in [0.717, 1.165) is 25.7 Å². The van der Waals surface area contributed by atoms with Gasteiger partial charge in [0.05, 0.1) is 5.60 Å². The average molecular weight is 185 g/mol. The molecule has 1 saturated carbocycles. The lowest BCUT2D eigenvalue weighted by Crippen LogP contribution is -2.45. The molecule has 0 spiro atoms. The number of nitrogens with two attached hydrogens (primary N) is 1. The van der Waals surface area contributed by atoms with E-state index in [4.69, 9.17) is 5.73 Å². The highest BCUT2D eigenvalue weighted by molar-refractivity contribution is 4.93. The van der Waals surface area contributed by atoms with Gasteiger partial charge in [-0.05, 0) is 43.6 Å². The Morgan fingerprint density at radius 3 is 2.46 bits per heavy atom. The Bertz CT molecular complexity index is 179. The van der Waals surface area contributed by atoms with Gasteiger partial charge in [-0.3, -0.25) is 0 Å². The maximum Gasteiger partial charge on any atom is 0.0685 e. The Morgan fingerprint density at radius 2 is 2.00 bits per heavy atom. The molecule has 1 fully saturated rings. The SMILES string of the molecule is CC1CC(C)(C)CCC1(O)CCN. The highest BCUT2D eigenvalue weighted by atomic mass is 16.3. The second-order valence-corrected chi connectivity index (χ2v) is 5.41. The smallest absolute Gasteiger partial charge is 0.0685 e. The first kappa shape index (κ1) is 11.0. The number of rotatable bonds is 2. The van der Waals surface area contributed by atoms with Crippen LogP contribution >= 0.6 is 0 Å². The van der Waals surface area contributed by atoms with Gasteiger partial charge < -0.3 is 10.8 Å². The Labute approximate surface area is 81.5 Å². The van der Waals surface area contributed by atoms with Crippen molar-refractivity contribution in [3.05, 3.63) is 0 Å². The minimum absolute atomic E-state index is 0.389. The lowest BCUT2D eigenvalue weighted by atomic mass is 9.64. The summed E-state index contributed by atoms with van der Waals surface area (Å²) in [5, 5.41) is 10.3. The summed E-state index contributed by atoms with van der Waals surface area (Å²) < 4.78 is 0. The molecular weight excluding hydrogens is 162 g/mol. The van der Waals surface area contributed by atoms with Gasteiger partial charge in [-0.2, -0.15) is 0 Å². The van der Waals surface area contributed by atoms with E-state index in [1.807, 2.05) is 0 Å². The second kappa shape index (κ2) is 3.58. The predicted octanol–water partition coefficient (Wildman–Crippen LogP) is 1.91. The Hall–Kier alpha value is -0.0800. The molecule has 1 aliphatic rings. The molecule has 0 aromatic heterocycles. The third kappa shape index (κ3) is 2.44. The Morgan fingerprint density at radius 1 is 1.38 bits per heavy atom. The minimum Gasteiger partial charge on any atom is -0.390 e. The summed E-state index contributed by atoms with van der Waals surface area (Å²) in [5.41, 5.74) is 5.44. The van der Waals surface area contributed by atoms with E-state index in [2.05, 4.69) is 20.8 Å². The van der Waals surface area contributed by atoms with Crippen molar-refractivity contribution in [3.8, 4) is 0 Å². The molecule has 3 N–H and O–H groups in total. The van der Waals surface area contributed by atoms with Gasteiger partial charge in [0.25, 0.3) is 0 Å². The molecule has 0 aromatic carbocycles. The van der Waals surface area contributed by atoms with E-state index < -0.39 is 5.60 Å². The molecule has 2 unspecified atom stereocenters. The van der Waals surface area contributed by atoms with Crippen LogP contribution in [-0.4, -0.2) is 17.3 Å². The quantitative estimate of drug-likeness (QED) is 0.690. The van der Waals surface area contributed by atoms with Crippen molar-refractivity contribution in [2.45, 2.75) is 52.1 Å². The fraction of sp³-hybridized carbons (Fsp3) is 1.00. The summed E-state index contributed by atoms with van der Waals surface area (Å²) in [4.78, 5) is 0. The zero-order valence-electron chi connectivity index (χ0n) is 9.14. The summed E-state index contributed by atoms with van der Waals surface area (Å²) in [7, 11) is 0. The molecular formula is C11H23NO. The third-order valence-corrected chi connectivity index (χ3v) is 3.59. The van der Waals surface area contributed by atoms with E-state index in [-0.39, 0.29) is 0 Å². The summed E-state index contributed by atoms with van der Waals surface area (Å²) in [6, 6.07) is 0. The maximum atomic E-state index is 10.3. The molecule has 1 aliphatic carbocycles. The van der Waals surface area contributed by atoms with Gasteiger partial charge in [0.15, 0.2) is 0 Å². The van der Waals surface area contributed by atoms with Gasteiger partial charge in [0.2, 0.25) is 0 Å². The van der Waals surface area contributed by atoms with E-state index >= 15 is 0 Å². The van der Waals surface area contributed by atoms with Crippen molar-refractivity contribution in [2.75, 3.05) is 6.54 Å². The van der Waals surface area contributed by atoms with E-state index in [1.165, 1.54) is 0 Å². The van der Waals surface area contributed by atoms with Crippen LogP contribution in [0.1, 0.15) is 46.5 Å². The highest BCUT2D eigenvalue weighted by Crippen LogP contribution is 2.44. The van der Waals surface area contributed by atoms with Crippen molar-refractivity contribution in [1.82, 2.24) is 0 Å². The van der Waals surface area contributed by atoms with Crippen LogP contribution in [0.2, 0.25) is 0 Å². The molecule has 0 aliphatic heterocycles. The van der Waals surface area contributed by atoms with Gasteiger partial charge in [-0.25, -0.2) is 0 Å². The van der Waals surface area contributed by atoms with Crippen LogP contribution in [0.25, 0.3) is 0 Å². The molecule has 0 aromatic rings. The average Bonchev–Trinajstić information content (AvgIpc) is 1.99. The molecule has 0 amide bonds. The van der Waals surface area contributed by atoms with Crippen LogP contribution in [0.5, 0.6) is 0 Å². The lowest BCUT2D eigenvalue weighted by molar-refractivity contribution is -0.0748. The Kier molecular flexibility index (Phi) is 3.03. The van der Waals surface area contributed by atoms with Gasteiger partial charge in [0, 0.05) is 0 Å². The monoisotopic (exact) mass is 185 g/mol.